The monoisotopic (exact) mass is 325 g/mol. The van der Waals surface area contributed by atoms with Gasteiger partial charge in [-0.15, -0.1) is 0 Å². The smallest absolute Gasteiger partial charge is 0.269 e. The van der Waals surface area contributed by atoms with Gasteiger partial charge in [0.1, 0.15) is 5.75 Å². The fourth-order valence-corrected chi connectivity index (χ4v) is 2.49. The van der Waals surface area contributed by atoms with E-state index in [2.05, 4.69) is 0 Å². The van der Waals surface area contributed by atoms with E-state index in [4.69, 9.17) is 0 Å². The van der Waals surface area contributed by atoms with E-state index in [-0.39, 0.29) is 11.3 Å². The highest BCUT2D eigenvalue weighted by Gasteiger charge is 2.45. The van der Waals surface area contributed by atoms with E-state index in [0.29, 0.717) is 4.90 Å². The number of fused-ring (bicyclic) bond motifs is 1. The second-order valence-electron chi connectivity index (χ2n) is 4.89. The van der Waals surface area contributed by atoms with Crippen LogP contribution >= 0.6 is 0 Å². The van der Waals surface area contributed by atoms with Crippen LogP contribution in [-0.4, -0.2) is 16.9 Å². The number of anilines is 1. The van der Waals surface area contributed by atoms with Gasteiger partial charge in [-0.25, -0.2) is 22.5 Å². The Morgan fingerprint density at radius 1 is 0.870 bits per heavy atom. The van der Waals surface area contributed by atoms with E-state index in [9.17, 15) is 32.3 Å². The minimum absolute atomic E-state index is 0.251. The number of aryl methyl sites for hydroxylation is 1. The predicted molar refractivity (Wildman–Crippen MR) is 70.3 cm³/mol. The number of hydrogen-bond acceptors (Lipinski definition) is 3. The van der Waals surface area contributed by atoms with Gasteiger partial charge in [0.2, 0.25) is 0 Å². The summed E-state index contributed by atoms with van der Waals surface area (Å²) < 4.78 is 54.3. The summed E-state index contributed by atoms with van der Waals surface area (Å²) in [5.74, 6) is -11.5. The lowest BCUT2D eigenvalue weighted by molar-refractivity contribution is 0.0922. The molecule has 4 nitrogen and oxygen atoms in total. The first-order chi connectivity index (χ1) is 10.8. The molecule has 2 aromatic carbocycles. The number of imide groups is 1. The van der Waals surface area contributed by atoms with Crippen molar-refractivity contribution in [3.8, 4) is 5.75 Å². The molecule has 2 amide bonds. The first-order valence-corrected chi connectivity index (χ1v) is 6.30. The van der Waals surface area contributed by atoms with Gasteiger partial charge in [0.05, 0.1) is 16.8 Å². The van der Waals surface area contributed by atoms with Crippen LogP contribution in [0.2, 0.25) is 0 Å². The van der Waals surface area contributed by atoms with Crippen LogP contribution in [0.25, 0.3) is 0 Å². The molecule has 0 unspecified atom stereocenters. The van der Waals surface area contributed by atoms with Crippen LogP contribution < -0.4 is 4.90 Å². The first kappa shape index (κ1) is 15.0. The quantitative estimate of drug-likeness (QED) is 0.379. The van der Waals surface area contributed by atoms with Crippen LogP contribution in [0.15, 0.2) is 18.2 Å². The molecular formula is C15H7F4NO3. The molecule has 0 spiro atoms. The number of phenolic OH excluding ortho intramolecular Hbond substituents is 1. The van der Waals surface area contributed by atoms with Gasteiger partial charge >= 0.3 is 0 Å². The number of carbonyl (C=O) groups excluding carboxylic acids is 2. The van der Waals surface area contributed by atoms with Gasteiger partial charge in [-0.1, -0.05) is 12.1 Å². The second-order valence-corrected chi connectivity index (χ2v) is 4.89. The van der Waals surface area contributed by atoms with E-state index in [1.165, 1.54) is 19.1 Å². The van der Waals surface area contributed by atoms with Gasteiger partial charge in [0.25, 0.3) is 11.8 Å². The normalized spacial score (nSPS) is 13.7. The number of hydrogen-bond donors (Lipinski definition) is 1. The number of nitrogens with zero attached hydrogens (tertiary/aromatic N) is 1. The summed E-state index contributed by atoms with van der Waals surface area (Å²) in [5.41, 5.74) is -2.46. The zero-order valence-electron chi connectivity index (χ0n) is 11.5. The molecule has 0 aliphatic carbocycles. The number of para-hydroxylation sites is 1. The zero-order valence-corrected chi connectivity index (χ0v) is 11.5. The summed E-state index contributed by atoms with van der Waals surface area (Å²) in [6.07, 6.45) is 0. The van der Waals surface area contributed by atoms with Gasteiger partial charge in [-0.3, -0.25) is 9.59 Å². The largest absolute Gasteiger partial charge is 0.506 e. The Labute approximate surface area is 126 Å². The third-order valence-corrected chi connectivity index (χ3v) is 3.54. The lowest BCUT2D eigenvalue weighted by Crippen LogP contribution is -2.30. The minimum atomic E-state index is -2.18. The van der Waals surface area contributed by atoms with Crippen molar-refractivity contribution in [2.24, 2.45) is 0 Å². The fourth-order valence-electron chi connectivity index (χ4n) is 2.49. The van der Waals surface area contributed by atoms with Gasteiger partial charge in [0, 0.05) is 0 Å². The van der Waals surface area contributed by atoms with Crippen molar-refractivity contribution in [1.82, 2.24) is 0 Å². The summed E-state index contributed by atoms with van der Waals surface area (Å²) in [4.78, 5) is 24.8. The van der Waals surface area contributed by atoms with E-state index >= 15 is 0 Å². The van der Waals surface area contributed by atoms with E-state index in [0.717, 1.165) is 6.07 Å². The molecule has 1 heterocycles. The highest BCUT2D eigenvalue weighted by atomic mass is 19.2. The number of aromatic hydroxyl groups is 1. The molecule has 0 saturated carbocycles. The van der Waals surface area contributed by atoms with Crippen molar-refractivity contribution in [3.05, 3.63) is 58.2 Å². The Kier molecular flexibility index (Phi) is 3.13. The molecule has 1 aliphatic heterocycles. The van der Waals surface area contributed by atoms with Crippen molar-refractivity contribution >= 4 is 17.5 Å². The molecule has 0 bridgehead atoms. The SMILES string of the molecule is Cc1cccc(O)c1N1C(=O)c2c(F)c(F)c(F)c(F)c2C1=O. The molecule has 0 aromatic heterocycles. The first-order valence-electron chi connectivity index (χ1n) is 6.30. The predicted octanol–water partition coefficient (Wildman–Crippen LogP) is 3.06. The molecular weight excluding hydrogens is 318 g/mol. The van der Waals surface area contributed by atoms with Crippen molar-refractivity contribution in [3.63, 3.8) is 0 Å². The van der Waals surface area contributed by atoms with Crippen LogP contribution in [0.5, 0.6) is 5.75 Å². The Morgan fingerprint density at radius 3 is 1.78 bits per heavy atom. The van der Waals surface area contributed by atoms with Gasteiger partial charge in [-0.2, -0.15) is 0 Å². The lowest BCUT2D eigenvalue weighted by atomic mass is 10.1. The van der Waals surface area contributed by atoms with Crippen molar-refractivity contribution < 1.29 is 32.3 Å². The molecule has 0 atom stereocenters. The molecule has 118 valence electrons. The highest BCUT2D eigenvalue weighted by molar-refractivity contribution is 6.35. The molecule has 0 saturated heterocycles. The van der Waals surface area contributed by atoms with Crippen molar-refractivity contribution in [1.29, 1.82) is 0 Å². The minimum Gasteiger partial charge on any atom is -0.506 e. The molecule has 8 heteroatoms. The highest BCUT2D eigenvalue weighted by Crippen LogP contribution is 2.39. The topological polar surface area (TPSA) is 57.6 Å². The maximum Gasteiger partial charge on any atom is 0.269 e. The number of carbonyl (C=O) groups is 2. The van der Waals surface area contributed by atoms with E-state index in [1.807, 2.05) is 0 Å². The van der Waals surface area contributed by atoms with Crippen molar-refractivity contribution in [2.45, 2.75) is 6.92 Å². The standard InChI is InChI=1S/C15H7F4NO3/c1-5-3-2-4-6(21)13(5)20-14(22)7-8(15(20)23)10(17)12(19)11(18)9(7)16/h2-4,21H,1H3. The van der Waals surface area contributed by atoms with Crippen molar-refractivity contribution in [2.75, 3.05) is 4.90 Å². The molecule has 1 N–H and O–H groups in total. The van der Waals surface area contributed by atoms with Crippen LogP contribution in [0.3, 0.4) is 0 Å². The van der Waals surface area contributed by atoms with Gasteiger partial charge in [-0.05, 0) is 18.6 Å². The number of rotatable bonds is 1. The van der Waals surface area contributed by atoms with Crippen LogP contribution in [-0.2, 0) is 0 Å². The average molecular weight is 325 g/mol. The Morgan fingerprint density at radius 2 is 1.35 bits per heavy atom. The molecule has 0 fully saturated rings. The number of benzene rings is 2. The summed E-state index contributed by atoms with van der Waals surface area (Å²) in [6, 6.07) is 4.01. The molecule has 0 radical (unpaired) electrons. The lowest BCUT2D eigenvalue weighted by Gasteiger charge is -2.17. The Bertz CT molecular complexity index is 828. The molecule has 2 aromatic rings. The van der Waals surface area contributed by atoms with E-state index in [1.54, 1.807) is 0 Å². The molecule has 1 aliphatic rings. The zero-order chi connectivity index (χ0) is 17.0. The van der Waals surface area contributed by atoms with Gasteiger partial charge < -0.3 is 5.11 Å². The number of halogens is 4. The fraction of sp³-hybridized carbons (Fsp3) is 0.0667. The van der Waals surface area contributed by atoms with E-state index < -0.39 is 52.0 Å². The maximum absolute atomic E-state index is 13.8. The third-order valence-electron chi connectivity index (χ3n) is 3.54. The summed E-state index contributed by atoms with van der Waals surface area (Å²) >= 11 is 0. The Hall–Kier alpha value is -2.90. The Balaban J connectivity index is 2.31. The number of phenols is 1. The van der Waals surface area contributed by atoms with Crippen LogP contribution in [0, 0.1) is 30.2 Å². The molecule has 23 heavy (non-hydrogen) atoms. The summed E-state index contributed by atoms with van der Waals surface area (Å²) in [5, 5.41) is 9.83. The summed E-state index contributed by atoms with van der Waals surface area (Å²) in [6.45, 7) is 1.44. The third kappa shape index (κ3) is 1.84. The van der Waals surface area contributed by atoms with Gasteiger partial charge in [0.15, 0.2) is 23.3 Å². The average Bonchev–Trinajstić information content (AvgIpc) is 2.75. The maximum atomic E-state index is 13.8. The molecule has 3 rings (SSSR count). The van der Waals surface area contributed by atoms with Crippen LogP contribution in [0.1, 0.15) is 26.3 Å². The second kappa shape index (κ2) is 4.80. The summed E-state index contributed by atoms with van der Waals surface area (Å²) in [7, 11) is 0. The number of amides is 2. The van der Waals surface area contributed by atoms with Crippen LogP contribution in [0.4, 0.5) is 23.2 Å².